The minimum absolute atomic E-state index is 0.0566. The van der Waals surface area contributed by atoms with Crippen molar-refractivity contribution in [2.45, 2.75) is 38.2 Å². The van der Waals surface area contributed by atoms with Gasteiger partial charge in [0.2, 0.25) is 5.91 Å². The van der Waals surface area contributed by atoms with Crippen LogP contribution in [-0.4, -0.2) is 47.1 Å². The molecule has 6 heteroatoms. The van der Waals surface area contributed by atoms with Crippen LogP contribution in [0, 0.1) is 0 Å². The summed E-state index contributed by atoms with van der Waals surface area (Å²) in [6.45, 7) is 3.41. The number of aliphatic hydroxyl groups is 1. The smallest absolute Gasteiger partial charge is 0.261 e. The van der Waals surface area contributed by atoms with Gasteiger partial charge in [0.1, 0.15) is 0 Å². The van der Waals surface area contributed by atoms with Gasteiger partial charge >= 0.3 is 0 Å². The minimum atomic E-state index is -0.669. The van der Waals surface area contributed by atoms with Gasteiger partial charge in [0.05, 0.1) is 23.6 Å². The summed E-state index contributed by atoms with van der Waals surface area (Å²) in [5.41, 5.74) is -0.669. The van der Waals surface area contributed by atoms with Crippen LogP contribution in [0.4, 0.5) is 0 Å². The Morgan fingerprint density at radius 3 is 2.86 bits per heavy atom. The van der Waals surface area contributed by atoms with E-state index in [1.165, 1.54) is 11.3 Å². The van der Waals surface area contributed by atoms with E-state index in [9.17, 15) is 14.7 Å². The lowest BCUT2D eigenvalue weighted by Gasteiger charge is -2.46. The van der Waals surface area contributed by atoms with E-state index in [4.69, 9.17) is 0 Å². The molecule has 0 spiro atoms. The number of nitrogens with zero attached hydrogens (tertiary/aromatic N) is 1. The predicted octanol–water partition coefficient (Wildman–Crippen LogP) is 1.63. The van der Waals surface area contributed by atoms with E-state index in [0.717, 1.165) is 12.8 Å². The maximum absolute atomic E-state index is 11.9. The molecule has 0 aliphatic carbocycles. The summed E-state index contributed by atoms with van der Waals surface area (Å²) in [5.74, 6) is -0.0279. The molecule has 1 aliphatic rings. The van der Waals surface area contributed by atoms with Crippen LogP contribution >= 0.6 is 11.3 Å². The number of likely N-dealkylation sites (tertiary alicyclic amines) is 1. The fraction of sp³-hybridized carbons (Fsp3) is 0.600. The third-order valence-electron chi connectivity index (χ3n) is 3.64. The number of amides is 2. The van der Waals surface area contributed by atoms with Crippen LogP contribution in [0.3, 0.4) is 0 Å². The zero-order chi connectivity index (χ0) is 15.3. The number of β-amino-alcohol motifs (C(OH)–C–C–N with tert-alkyl or cyclic N) is 1. The Morgan fingerprint density at radius 2 is 2.24 bits per heavy atom. The molecule has 2 N–H and O–H groups in total. The van der Waals surface area contributed by atoms with E-state index >= 15 is 0 Å². The number of hydrogen-bond donors (Lipinski definition) is 2. The highest BCUT2D eigenvalue weighted by atomic mass is 32.1. The Kier molecular flexibility index (Phi) is 5.36. The molecule has 21 heavy (non-hydrogen) atoms. The van der Waals surface area contributed by atoms with Gasteiger partial charge in [0.25, 0.3) is 5.91 Å². The highest BCUT2D eigenvalue weighted by Gasteiger charge is 2.42. The first-order valence-corrected chi connectivity index (χ1v) is 8.24. The molecule has 0 radical (unpaired) electrons. The standard InChI is InChI=1S/C15H22N2O3S/c1-2-7-15(20)10-17(11-15)13(18)6-3-8-16-14(19)12-5-4-9-21-12/h4-5,9,20H,2-3,6-8,10-11H2,1H3,(H,16,19). The van der Waals surface area contributed by atoms with Gasteiger partial charge in [-0.15, -0.1) is 11.3 Å². The first kappa shape index (κ1) is 16.0. The second-order valence-electron chi connectivity index (χ2n) is 5.56. The van der Waals surface area contributed by atoms with Crippen LogP contribution in [0.15, 0.2) is 17.5 Å². The van der Waals surface area contributed by atoms with E-state index in [2.05, 4.69) is 5.32 Å². The summed E-state index contributed by atoms with van der Waals surface area (Å²) in [6.07, 6.45) is 2.70. The van der Waals surface area contributed by atoms with Crippen molar-refractivity contribution in [3.8, 4) is 0 Å². The molecule has 0 saturated carbocycles. The van der Waals surface area contributed by atoms with Crippen molar-refractivity contribution in [3.05, 3.63) is 22.4 Å². The molecule has 116 valence electrons. The molecular formula is C15H22N2O3S. The second kappa shape index (κ2) is 7.04. The third kappa shape index (κ3) is 4.28. The number of carbonyl (C=O) groups excluding carboxylic acids is 2. The molecule has 1 saturated heterocycles. The summed E-state index contributed by atoms with van der Waals surface area (Å²) in [7, 11) is 0. The van der Waals surface area contributed by atoms with Crippen molar-refractivity contribution in [3.63, 3.8) is 0 Å². The Morgan fingerprint density at radius 1 is 1.48 bits per heavy atom. The largest absolute Gasteiger partial charge is 0.386 e. The van der Waals surface area contributed by atoms with Crippen molar-refractivity contribution in [1.29, 1.82) is 0 Å². The normalized spacial score (nSPS) is 16.4. The fourth-order valence-corrected chi connectivity index (χ4v) is 3.20. The number of nitrogens with one attached hydrogen (secondary N) is 1. The molecule has 1 aromatic rings. The monoisotopic (exact) mass is 310 g/mol. The quantitative estimate of drug-likeness (QED) is 0.752. The van der Waals surface area contributed by atoms with E-state index in [0.29, 0.717) is 37.4 Å². The lowest BCUT2D eigenvalue weighted by molar-refractivity contribution is -0.156. The lowest BCUT2D eigenvalue weighted by atomic mass is 9.89. The predicted molar refractivity (Wildman–Crippen MR) is 82.3 cm³/mol. The molecular weight excluding hydrogens is 288 g/mol. The summed E-state index contributed by atoms with van der Waals surface area (Å²) in [4.78, 5) is 26.0. The van der Waals surface area contributed by atoms with Gasteiger partial charge in [-0.1, -0.05) is 19.4 Å². The van der Waals surface area contributed by atoms with Crippen LogP contribution in [0.25, 0.3) is 0 Å². The van der Waals surface area contributed by atoms with E-state index in [-0.39, 0.29) is 11.8 Å². The Labute approximate surface area is 129 Å². The first-order chi connectivity index (χ1) is 10.0. The number of hydrogen-bond acceptors (Lipinski definition) is 4. The zero-order valence-corrected chi connectivity index (χ0v) is 13.1. The SMILES string of the molecule is CCCC1(O)CN(C(=O)CCCNC(=O)c2cccs2)C1. The van der Waals surface area contributed by atoms with Crippen molar-refractivity contribution in [2.24, 2.45) is 0 Å². The Balaban J connectivity index is 1.59. The Bertz CT molecular complexity index is 481. The van der Waals surface area contributed by atoms with Gasteiger partial charge < -0.3 is 15.3 Å². The first-order valence-electron chi connectivity index (χ1n) is 7.36. The highest BCUT2D eigenvalue weighted by molar-refractivity contribution is 7.12. The molecule has 1 aromatic heterocycles. The summed E-state index contributed by atoms with van der Waals surface area (Å²) >= 11 is 1.40. The van der Waals surface area contributed by atoms with Gasteiger partial charge in [0.15, 0.2) is 0 Å². The van der Waals surface area contributed by atoms with Gasteiger partial charge in [-0.05, 0) is 24.3 Å². The zero-order valence-electron chi connectivity index (χ0n) is 12.3. The van der Waals surface area contributed by atoms with Crippen molar-refractivity contribution < 1.29 is 14.7 Å². The van der Waals surface area contributed by atoms with Crippen LogP contribution in [0.1, 0.15) is 42.3 Å². The van der Waals surface area contributed by atoms with Gasteiger partial charge in [-0.25, -0.2) is 0 Å². The molecule has 1 fully saturated rings. The van der Waals surface area contributed by atoms with Crippen LogP contribution in [-0.2, 0) is 4.79 Å². The van der Waals surface area contributed by atoms with Crippen LogP contribution < -0.4 is 5.32 Å². The molecule has 2 rings (SSSR count). The molecule has 2 amide bonds. The van der Waals surface area contributed by atoms with E-state index in [1.54, 1.807) is 11.0 Å². The van der Waals surface area contributed by atoms with Crippen molar-refractivity contribution in [2.75, 3.05) is 19.6 Å². The molecule has 2 heterocycles. The molecule has 1 aliphatic heterocycles. The highest BCUT2D eigenvalue weighted by Crippen LogP contribution is 2.26. The minimum Gasteiger partial charge on any atom is -0.386 e. The van der Waals surface area contributed by atoms with Gasteiger partial charge in [0, 0.05) is 13.0 Å². The molecule has 0 bridgehead atoms. The molecule has 5 nitrogen and oxygen atoms in total. The fourth-order valence-electron chi connectivity index (χ4n) is 2.56. The van der Waals surface area contributed by atoms with Crippen LogP contribution in [0.5, 0.6) is 0 Å². The van der Waals surface area contributed by atoms with Gasteiger partial charge in [-0.2, -0.15) is 0 Å². The van der Waals surface area contributed by atoms with Crippen molar-refractivity contribution in [1.82, 2.24) is 10.2 Å². The second-order valence-corrected chi connectivity index (χ2v) is 6.51. The lowest BCUT2D eigenvalue weighted by Crippen LogP contribution is -2.63. The topological polar surface area (TPSA) is 69.6 Å². The molecule has 0 atom stereocenters. The summed E-state index contributed by atoms with van der Waals surface area (Å²) in [6, 6.07) is 3.62. The molecule has 0 unspecified atom stereocenters. The number of carbonyl (C=O) groups is 2. The average Bonchev–Trinajstić information content (AvgIpc) is 2.94. The average molecular weight is 310 g/mol. The number of rotatable bonds is 7. The van der Waals surface area contributed by atoms with Crippen LogP contribution in [0.2, 0.25) is 0 Å². The molecule has 0 aromatic carbocycles. The van der Waals surface area contributed by atoms with Crippen molar-refractivity contribution >= 4 is 23.2 Å². The third-order valence-corrected chi connectivity index (χ3v) is 4.50. The van der Waals surface area contributed by atoms with E-state index in [1.807, 2.05) is 18.4 Å². The maximum atomic E-state index is 11.9. The Hall–Kier alpha value is -1.40. The summed E-state index contributed by atoms with van der Waals surface area (Å²) in [5, 5.41) is 14.7. The van der Waals surface area contributed by atoms with Gasteiger partial charge in [-0.3, -0.25) is 9.59 Å². The number of thiophene rings is 1. The van der Waals surface area contributed by atoms with E-state index < -0.39 is 5.60 Å². The summed E-state index contributed by atoms with van der Waals surface area (Å²) < 4.78 is 0. The maximum Gasteiger partial charge on any atom is 0.261 e.